The first kappa shape index (κ1) is 12.5. The quantitative estimate of drug-likeness (QED) is 0.706. The number of rotatable bonds is 5. The van der Waals surface area contributed by atoms with Crippen molar-refractivity contribution in [2.45, 2.75) is 26.8 Å². The Labute approximate surface area is 92.6 Å². The zero-order valence-electron chi connectivity index (χ0n) is 10.1. The molecule has 0 saturated carbocycles. The summed E-state index contributed by atoms with van der Waals surface area (Å²) in [7, 11) is 0. The van der Waals surface area contributed by atoms with Crippen LogP contribution < -0.4 is 5.32 Å². The molecule has 4 heteroatoms. The van der Waals surface area contributed by atoms with Crippen LogP contribution >= 0.6 is 0 Å². The number of hydrogen-bond donors (Lipinski definition) is 1. The summed E-state index contributed by atoms with van der Waals surface area (Å²) in [6, 6.07) is -0.00421. The third-order valence-corrected chi connectivity index (χ3v) is 3.09. The number of hydrogen-bond acceptors (Lipinski definition) is 3. The minimum absolute atomic E-state index is 0.00421. The number of likely N-dealkylation sites (N-methyl/N-ethyl adjacent to an activating group) is 1. The van der Waals surface area contributed by atoms with Crippen LogP contribution in [0.4, 0.5) is 0 Å². The Hall–Kier alpha value is -0.610. The Morgan fingerprint density at radius 2 is 2.13 bits per heavy atom. The van der Waals surface area contributed by atoms with Crippen LogP contribution in [0.3, 0.4) is 0 Å². The zero-order valence-corrected chi connectivity index (χ0v) is 10.1. The standard InChI is InChI=1S/C11H23N3O/c1-4-13(5-2)8-9-14-7-6-12-10(3)11(14)15/h10,12H,4-9H2,1-3H3. The molecule has 0 radical (unpaired) electrons. The lowest BCUT2D eigenvalue weighted by atomic mass is 10.2. The second kappa shape index (κ2) is 6.08. The highest BCUT2D eigenvalue weighted by Gasteiger charge is 2.24. The van der Waals surface area contributed by atoms with Crippen molar-refractivity contribution in [2.24, 2.45) is 0 Å². The number of carbonyl (C=O) groups excluding carboxylic acids is 1. The molecule has 1 aliphatic heterocycles. The normalized spacial score (nSPS) is 22.5. The van der Waals surface area contributed by atoms with Gasteiger partial charge in [-0.1, -0.05) is 13.8 Å². The van der Waals surface area contributed by atoms with Crippen LogP contribution in [0.2, 0.25) is 0 Å². The molecule has 1 N–H and O–H groups in total. The molecule has 1 fully saturated rings. The lowest BCUT2D eigenvalue weighted by molar-refractivity contribution is -0.135. The van der Waals surface area contributed by atoms with E-state index in [1.165, 1.54) is 0 Å². The number of carbonyl (C=O) groups is 1. The molecule has 0 spiro atoms. The zero-order chi connectivity index (χ0) is 11.3. The summed E-state index contributed by atoms with van der Waals surface area (Å²) in [6.45, 7) is 12.0. The van der Waals surface area contributed by atoms with Crippen LogP contribution in [-0.4, -0.2) is 61.0 Å². The monoisotopic (exact) mass is 213 g/mol. The highest BCUT2D eigenvalue weighted by atomic mass is 16.2. The van der Waals surface area contributed by atoms with Gasteiger partial charge in [0, 0.05) is 26.2 Å². The molecule has 1 atom stereocenters. The molecule has 4 nitrogen and oxygen atoms in total. The molecule has 1 aliphatic rings. The number of piperazine rings is 1. The van der Waals surface area contributed by atoms with Crippen LogP contribution in [-0.2, 0) is 4.79 Å². The van der Waals surface area contributed by atoms with E-state index in [0.717, 1.165) is 39.3 Å². The minimum Gasteiger partial charge on any atom is -0.339 e. The Kier molecular flexibility index (Phi) is 5.05. The van der Waals surface area contributed by atoms with Gasteiger partial charge in [0.05, 0.1) is 6.04 Å². The second-order valence-electron chi connectivity index (χ2n) is 4.03. The van der Waals surface area contributed by atoms with E-state index in [-0.39, 0.29) is 11.9 Å². The second-order valence-corrected chi connectivity index (χ2v) is 4.03. The van der Waals surface area contributed by atoms with Gasteiger partial charge >= 0.3 is 0 Å². The summed E-state index contributed by atoms with van der Waals surface area (Å²) in [5, 5.41) is 3.17. The van der Waals surface area contributed by atoms with Gasteiger partial charge in [0.1, 0.15) is 0 Å². The summed E-state index contributed by atoms with van der Waals surface area (Å²) in [5.41, 5.74) is 0. The molecule has 1 unspecified atom stereocenters. The summed E-state index contributed by atoms with van der Waals surface area (Å²) in [4.78, 5) is 16.1. The first-order valence-corrected chi connectivity index (χ1v) is 5.93. The number of nitrogens with one attached hydrogen (secondary N) is 1. The van der Waals surface area contributed by atoms with Crippen LogP contribution in [0.15, 0.2) is 0 Å². The van der Waals surface area contributed by atoms with Gasteiger partial charge in [-0.05, 0) is 20.0 Å². The third kappa shape index (κ3) is 3.47. The van der Waals surface area contributed by atoms with Crippen molar-refractivity contribution in [2.75, 3.05) is 39.3 Å². The van der Waals surface area contributed by atoms with Gasteiger partial charge in [-0.3, -0.25) is 4.79 Å². The number of amides is 1. The Morgan fingerprint density at radius 3 is 2.73 bits per heavy atom. The highest BCUT2D eigenvalue weighted by Crippen LogP contribution is 2.01. The van der Waals surface area contributed by atoms with Crippen LogP contribution in [0.5, 0.6) is 0 Å². The summed E-state index contributed by atoms with van der Waals surface area (Å²) >= 11 is 0. The maximum Gasteiger partial charge on any atom is 0.239 e. The molecule has 0 aromatic heterocycles. The maximum atomic E-state index is 11.8. The lowest BCUT2D eigenvalue weighted by Gasteiger charge is -2.33. The van der Waals surface area contributed by atoms with Gasteiger partial charge < -0.3 is 15.1 Å². The van der Waals surface area contributed by atoms with E-state index in [0.29, 0.717) is 0 Å². The molecule has 88 valence electrons. The molecule has 0 aliphatic carbocycles. The van der Waals surface area contributed by atoms with Gasteiger partial charge in [-0.25, -0.2) is 0 Å². The summed E-state index contributed by atoms with van der Waals surface area (Å²) < 4.78 is 0. The Balaban J connectivity index is 2.34. The van der Waals surface area contributed by atoms with Crippen molar-refractivity contribution in [1.82, 2.24) is 15.1 Å². The summed E-state index contributed by atoms with van der Waals surface area (Å²) in [5.74, 6) is 0.244. The predicted molar refractivity (Wildman–Crippen MR) is 61.8 cm³/mol. The smallest absolute Gasteiger partial charge is 0.239 e. The fourth-order valence-corrected chi connectivity index (χ4v) is 1.91. The average molecular weight is 213 g/mol. The van der Waals surface area contributed by atoms with E-state index in [1.807, 2.05) is 11.8 Å². The largest absolute Gasteiger partial charge is 0.339 e. The Bertz CT molecular complexity index is 204. The highest BCUT2D eigenvalue weighted by molar-refractivity contribution is 5.82. The molecule has 0 aromatic rings. The first-order valence-electron chi connectivity index (χ1n) is 5.93. The fraction of sp³-hybridized carbons (Fsp3) is 0.909. The van der Waals surface area contributed by atoms with Crippen LogP contribution in [0, 0.1) is 0 Å². The molecule has 1 rings (SSSR count). The van der Waals surface area contributed by atoms with Crippen molar-refractivity contribution >= 4 is 5.91 Å². The van der Waals surface area contributed by atoms with Crippen molar-refractivity contribution in [3.05, 3.63) is 0 Å². The van der Waals surface area contributed by atoms with Crippen molar-refractivity contribution in [1.29, 1.82) is 0 Å². The molecule has 1 amide bonds. The molecular weight excluding hydrogens is 190 g/mol. The topological polar surface area (TPSA) is 35.6 Å². The average Bonchev–Trinajstić information content (AvgIpc) is 2.25. The molecule has 0 bridgehead atoms. The van der Waals surface area contributed by atoms with Gasteiger partial charge in [0.15, 0.2) is 0 Å². The third-order valence-electron chi connectivity index (χ3n) is 3.09. The molecule has 0 aromatic carbocycles. The van der Waals surface area contributed by atoms with E-state index in [4.69, 9.17) is 0 Å². The van der Waals surface area contributed by atoms with Gasteiger partial charge in [-0.2, -0.15) is 0 Å². The van der Waals surface area contributed by atoms with Gasteiger partial charge in [0.2, 0.25) is 5.91 Å². The van der Waals surface area contributed by atoms with E-state index in [2.05, 4.69) is 24.1 Å². The van der Waals surface area contributed by atoms with Crippen molar-refractivity contribution < 1.29 is 4.79 Å². The van der Waals surface area contributed by atoms with Crippen molar-refractivity contribution in [3.63, 3.8) is 0 Å². The Morgan fingerprint density at radius 1 is 1.47 bits per heavy atom. The first-order chi connectivity index (χ1) is 7.19. The molecule has 1 saturated heterocycles. The van der Waals surface area contributed by atoms with E-state index in [1.54, 1.807) is 0 Å². The molecule has 1 heterocycles. The maximum absolute atomic E-state index is 11.8. The summed E-state index contributed by atoms with van der Waals surface area (Å²) in [6.07, 6.45) is 0. The molecular formula is C11H23N3O. The predicted octanol–water partition coefficient (Wildman–Crippen LogP) is 0.149. The van der Waals surface area contributed by atoms with Crippen molar-refractivity contribution in [3.8, 4) is 0 Å². The molecule has 15 heavy (non-hydrogen) atoms. The van der Waals surface area contributed by atoms with Gasteiger partial charge in [-0.15, -0.1) is 0 Å². The van der Waals surface area contributed by atoms with E-state index < -0.39 is 0 Å². The number of nitrogens with zero attached hydrogens (tertiary/aromatic N) is 2. The van der Waals surface area contributed by atoms with E-state index >= 15 is 0 Å². The lowest BCUT2D eigenvalue weighted by Crippen LogP contribution is -2.55. The minimum atomic E-state index is -0.00421. The van der Waals surface area contributed by atoms with Crippen LogP contribution in [0.1, 0.15) is 20.8 Å². The fourth-order valence-electron chi connectivity index (χ4n) is 1.91. The SMILES string of the molecule is CCN(CC)CCN1CCNC(C)C1=O. The van der Waals surface area contributed by atoms with E-state index in [9.17, 15) is 4.79 Å². The van der Waals surface area contributed by atoms with Gasteiger partial charge in [0.25, 0.3) is 0 Å². The van der Waals surface area contributed by atoms with Crippen LogP contribution in [0.25, 0.3) is 0 Å².